The van der Waals surface area contributed by atoms with Crippen molar-refractivity contribution in [2.75, 3.05) is 6.54 Å². The van der Waals surface area contributed by atoms with E-state index in [1.165, 1.54) is 16.7 Å². The van der Waals surface area contributed by atoms with Gasteiger partial charge in [0.1, 0.15) is 5.76 Å². The minimum Gasteiger partial charge on any atom is -0.452 e. The van der Waals surface area contributed by atoms with Crippen LogP contribution in [0, 0.1) is 13.8 Å². The SMILES string of the molecule is CCNC(c1ccc(Br)o1)c1cc(C)c(Br)cc1C. The smallest absolute Gasteiger partial charge is 0.169 e. The third-order valence-corrected chi connectivity index (χ3v) is 4.43. The highest BCUT2D eigenvalue weighted by Crippen LogP contribution is 2.31. The molecule has 1 N–H and O–H groups in total. The van der Waals surface area contributed by atoms with Crippen LogP contribution in [-0.2, 0) is 0 Å². The zero-order chi connectivity index (χ0) is 14.0. The maximum atomic E-state index is 5.72. The highest BCUT2D eigenvalue weighted by Gasteiger charge is 2.19. The van der Waals surface area contributed by atoms with E-state index < -0.39 is 0 Å². The van der Waals surface area contributed by atoms with Gasteiger partial charge in [0.05, 0.1) is 6.04 Å². The van der Waals surface area contributed by atoms with Crippen molar-refractivity contribution in [2.24, 2.45) is 0 Å². The van der Waals surface area contributed by atoms with Gasteiger partial charge in [0.25, 0.3) is 0 Å². The van der Waals surface area contributed by atoms with E-state index in [1.807, 2.05) is 12.1 Å². The lowest BCUT2D eigenvalue weighted by Gasteiger charge is -2.19. The second-order valence-electron chi connectivity index (χ2n) is 4.59. The Kier molecular flexibility index (Phi) is 4.87. The first-order valence-corrected chi connectivity index (χ1v) is 7.86. The summed E-state index contributed by atoms with van der Waals surface area (Å²) in [6.45, 7) is 7.22. The third kappa shape index (κ3) is 3.30. The van der Waals surface area contributed by atoms with Crippen LogP contribution in [0.1, 0.15) is 35.4 Å². The van der Waals surface area contributed by atoms with E-state index in [-0.39, 0.29) is 6.04 Å². The van der Waals surface area contributed by atoms with E-state index in [0.717, 1.165) is 21.4 Å². The van der Waals surface area contributed by atoms with E-state index in [0.29, 0.717) is 0 Å². The Bertz CT molecular complexity index is 578. The number of hydrogen-bond acceptors (Lipinski definition) is 2. The summed E-state index contributed by atoms with van der Waals surface area (Å²) in [7, 11) is 0. The van der Waals surface area contributed by atoms with E-state index in [4.69, 9.17) is 4.42 Å². The average Bonchev–Trinajstić information content (AvgIpc) is 2.78. The summed E-state index contributed by atoms with van der Waals surface area (Å²) >= 11 is 6.94. The van der Waals surface area contributed by atoms with Gasteiger partial charge >= 0.3 is 0 Å². The molecule has 2 aromatic rings. The van der Waals surface area contributed by atoms with Gasteiger partial charge in [0, 0.05) is 4.47 Å². The third-order valence-electron chi connectivity index (χ3n) is 3.15. The van der Waals surface area contributed by atoms with Gasteiger partial charge in [-0.3, -0.25) is 0 Å². The number of rotatable bonds is 4. The molecule has 0 saturated heterocycles. The molecule has 0 aliphatic heterocycles. The topological polar surface area (TPSA) is 25.2 Å². The van der Waals surface area contributed by atoms with Crippen LogP contribution < -0.4 is 5.32 Å². The molecule has 0 saturated carbocycles. The minimum absolute atomic E-state index is 0.0862. The fraction of sp³-hybridized carbons (Fsp3) is 0.333. The van der Waals surface area contributed by atoms with E-state index >= 15 is 0 Å². The zero-order valence-electron chi connectivity index (χ0n) is 11.3. The first-order valence-electron chi connectivity index (χ1n) is 6.28. The van der Waals surface area contributed by atoms with Gasteiger partial charge in [0.2, 0.25) is 0 Å². The standard InChI is InChI=1S/C15H17Br2NO/c1-4-18-15(13-5-6-14(17)19-13)11-7-10(3)12(16)8-9(11)2/h5-8,15,18H,4H2,1-3H3. The molecule has 19 heavy (non-hydrogen) atoms. The summed E-state index contributed by atoms with van der Waals surface area (Å²) in [4.78, 5) is 0. The molecule has 2 rings (SSSR count). The van der Waals surface area contributed by atoms with Gasteiger partial charge in [0.15, 0.2) is 4.67 Å². The minimum atomic E-state index is 0.0862. The van der Waals surface area contributed by atoms with Gasteiger partial charge < -0.3 is 9.73 Å². The molecule has 0 aliphatic carbocycles. The second kappa shape index (κ2) is 6.25. The Morgan fingerprint density at radius 2 is 1.89 bits per heavy atom. The first kappa shape index (κ1) is 14.8. The van der Waals surface area contributed by atoms with E-state index in [9.17, 15) is 0 Å². The van der Waals surface area contributed by atoms with E-state index in [1.54, 1.807) is 0 Å². The van der Waals surface area contributed by atoms with Gasteiger partial charge in [-0.2, -0.15) is 0 Å². The van der Waals surface area contributed by atoms with Crippen molar-refractivity contribution in [1.29, 1.82) is 0 Å². The molecule has 1 atom stereocenters. The fourth-order valence-electron chi connectivity index (χ4n) is 2.17. The molecule has 1 unspecified atom stereocenters. The largest absolute Gasteiger partial charge is 0.452 e. The molecule has 0 aliphatic rings. The Hall–Kier alpha value is -0.580. The van der Waals surface area contributed by atoms with Crippen molar-refractivity contribution in [3.8, 4) is 0 Å². The van der Waals surface area contributed by atoms with Gasteiger partial charge in [-0.1, -0.05) is 28.9 Å². The van der Waals surface area contributed by atoms with Crippen LogP contribution >= 0.6 is 31.9 Å². The van der Waals surface area contributed by atoms with Crippen LogP contribution in [0.2, 0.25) is 0 Å². The molecule has 1 heterocycles. The fourth-order valence-corrected chi connectivity index (χ4v) is 2.94. The maximum absolute atomic E-state index is 5.72. The number of nitrogens with one attached hydrogen (secondary N) is 1. The Morgan fingerprint density at radius 1 is 1.16 bits per heavy atom. The normalized spacial score (nSPS) is 12.7. The number of benzene rings is 1. The van der Waals surface area contributed by atoms with Gasteiger partial charge in [-0.15, -0.1) is 0 Å². The summed E-state index contributed by atoms with van der Waals surface area (Å²) in [5.41, 5.74) is 3.73. The van der Waals surface area contributed by atoms with E-state index in [2.05, 4.69) is 70.1 Å². The van der Waals surface area contributed by atoms with Crippen LogP contribution in [0.5, 0.6) is 0 Å². The van der Waals surface area contributed by atoms with Crippen LogP contribution in [0.3, 0.4) is 0 Å². The summed E-state index contributed by atoms with van der Waals surface area (Å²) in [6.07, 6.45) is 0. The molecule has 0 fully saturated rings. The van der Waals surface area contributed by atoms with Crippen LogP contribution in [-0.4, -0.2) is 6.54 Å². The molecule has 102 valence electrons. The van der Waals surface area contributed by atoms with Crippen molar-refractivity contribution in [3.05, 3.63) is 55.9 Å². The lowest BCUT2D eigenvalue weighted by molar-refractivity contribution is 0.436. The van der Waals surface area contributed by atoms with Gasteiger partial charge in [-0.25, -0.2) is 0 Å². The zero-order valence-corrected chi connectivity index (χ0v) is 14.4. The molecule has 0 radical (unpaired) electrons. The molecule has 0 spiro atoms. The molecule has 2 nitrogen and oxygen atoms in total. The van der Waals surface area contributed by atoms with Crippen molar-refractivity contribution in [2.45, 2.75) is 26.8 Å². The predicted octanol–water partition coefficient (Wildman–Crippen LogP) is 5.12. The number of furan rings is 1. The number of hydrogen-bond donors (Lipinski definition) is 1. The molecular formula is C15H17Br2NO. The lowest BCUT2D eigenvalue weighted by atomic mass is 9.97. The summed E-state index contributed by atoms with van der Waals surface area (Å²) < 4.78 is 7.62. The predicted molar refractivity (Wildman–Crippen MR) is 85.5 cm³/mol. The second-order valence-corrected chi connectivity index (χ2v) is 6.23. The van der Waals surface area contributed by atoms with Crippen molar-refractivity contribution < 1.29 is 4.42 Å². The molecule has 0 bridgehead atoms. The molecular weight excluding hydrogens is 370 g/mol. The number of aryl methyl sites for hydroxylation is 2. The first-order chi connectivity index (χ1) is 9.02. The average molecular weight is 387 g/mol. The summed E-state index contributed by atoms with van der Waals surface area (Å²) in [5, 5.41) is 3.49. The van der Waals surface area contributed by atoms with Crippen molar-refractivity contribution in [1.82, 2.24) is 5.32 Å². The Morgan fingerprint density at radius 3 is 2.47 bits per heavy atom. The Labute approximate surface area is 130 Å². The molecule has 4 heteroatoms. The number of halogens is 2. The maximum Gasteiger partial charge on any atom is 0.169 e. The molecule has 1 aromatic carbocycles. The highest BCUT2D eigenvalue weighted by atomic mass is 79.9. The summed E-state index contributed by atoms with van der Waals surface area (Å²) in [6, 6.07) is 8.40. The quantitative estimate of drug-likeness (QED) is 0.788. The molecule has 1 aromatic heterocycles. The lowest BCUT2D eigenvalue weighted by Crippen LogP contribution is -2.22. The van der Waals surface area contributed by atoms with Crippen LogP contribution in [0.25, 0.3) is 0 Å². The molecule has 0 amide bonds. The monoisotopic (exact) mass is 385 g/mol. The van der Waals surface area contributed by atoms with Crippen molar-refractivity contribution >= 4 is 31.9 Å². The van der Waals surface area contributed by atoms with Crippen LogP contribution in [0.15, 0.2) is 37.8 Å². The van der Waals surface area contributed by atoms with Crippen LogP contribution in [0.4, 0.5) is 0 Å². The van der Waals surface area contributed by atoms with Gasteiger partial charge in [-0.05, 0) is 71.2 Å². The Balaban J connectivity index is 2.47. The highest BCUT2D eigenvalue weighted by molar-refractivity contribution is 9.10. The summed E-state index contributed by atoms with van der Waals surface area (Å²) in [5.74, 6) is 0.929. The van der Waals surface area contributed by atoms with Crippen molar-refractivity contribution in [3.63, 3.8) is 0 Å².